The topological polar surface area (TPSA) is 88.9 Å². The number of para-hydroxylation sites is 1. The molecule has 2 aromatic heterocycles. The van der Waals surface area contributed by atoms with Crippen molar-refractivity contribution in [3.8, 4) is 6.07 Å². The molecule has 5 rings (SSSR count). The maximum absolute atomic E-state index is 12.5. The number of pyridine rings is 1. The smallest absolute Gasteiger partial charge is 0.258 e. The summed E-state index contributed by atoms with van der Waals surface area (Å²) in [5.74, 6) is 2.05. The van der Waals surface area contributed by atoms with Crippen LogP contribution in [0.5, 0.6) is 0 Å². The fourth-order valence-corrected chi connectivity index (χ4v) is 4.96. The van der Waals surface area contributed by atoms with Gasteiger partial charge in [0.25, 0.3) is 5.56 Å². The number of aromatic nitrogens is 3. The van der Waals surface area contributed by atoms with E-state index in [1.807, 2.05) is 50.2 Å². The second-order valence-electron chi connectivity index (χ2n) is 8.54. The van der Waals surface area contributed by atoms with E-state index in [1.165, 1.54) is 0 Å². The van der Waals surface area contributed by atoms with Crippen LogP contribution >= 0.6 is 0 Å². The molecule has 4 heterocycles. The van der Waals surface area contributed by atoms with E-state index in [2.05, 4.69) is 25.8 Å². The molecule has 0 amide bonds. The molecule has 2 saturated heterocycles. The lowest BCUT2D eigenvalue weighted by molar-refractivity contribution is 0.126. The molecule has 2 aliphatic heterocycles. The Morgan fingerprint density at radius 2 is 1.85 bits per heavy atom. The average Bonchev–Trinajstić information content (AvgIpc) is 2.90. The SMILES string of the molecule is CC.N#Cc1ccc(N2CCC(N3CCCC(c4nc5ccccc5c(=O)[nH]4)C3)CC2)nc1. The lowest BCUT2D eigenvalue weighted by atomic mass is 9.93. The molecule has 7 nitrogen and oxygen atoms in total. The van der Waals surface area contributed by atoms with Crippen LogP contribution in [0.2, 0.25) is 0 Å². The van der Waals surface area contributed by atoms with Gasteiger partial charge in [-0.25, -0.2) is 9.97 Å². The number of likely N-dealkylation sites (tertiary alicyclic amines) is 1. The van der Waals surface area contributed by atoms with Gasteiger partial charge in [0.05, 0.1) is 16.5 Å². The fourth-order valence-electron chi connectivity index (χ4n) is 4.96. The maximum atomic E-state index is 12.5. The number of aromatic amines is 1. The third-order valence-corrected chi connectivity index (χ3v) is 6.65. The van der Waals surface area contributed by atoms with Crippen LogP contribution in [0.1, 0.15) is 56.8 Å². The molecular weight excluding hydrogens is 412 g/mol. The fraction of sp³-hybridized carbons (Fsp3) is 0.462. The number of hydrogen-bond donors (Lipinski definition) is 1. The Morgan fingerprint density at radius 1 is 1.06 bits per heavy atom. The van der Waals surface area contributed by atoms with Crippen molar-refractivity contribution in [1.29, 1.82) is 5.26 Å². The third kappa shape index (κ3) is 5.07. The number of nitriles is 1. The van der Waals surface area contributed by atoms with Crippen molar-refractivity contribution in [1.82, 2.24) is 19.9 Å². The molecule has 0 spiro atoms. The monoisotopic (exact) mass is 444 g/mol. The zero-order chi connectivity index (χ0) is 23.2. The molecule has 0 aliphatic carbocycles. The summed E-state index contributed by atoms with van der Waals surface area (Å²) in [6.07, 6.45) is 6.02. The summed E-state index contributed by atoms with van der Waals surface area (Å²) < 4.78 is 0. The molecular formula is C26H32N6O. The minimum Gasteiger partial charge on any atom is -0.357 e. The highest BCUT2D eigenvalue weighted by molar-refractivity contribution is 5.77. The van der Waals surface area contributed by atoms with Gasteiger partial charge in [-0.3, -0.25) is 9.69 Å². The van der Waals surface area contributed by atoms with E-state index < -0.39 is 0 Å². The van der Waals surface area contributed by atoms with Crippen molar-refractivity contribution < 1.29 is 0 Å². The van der Waals surface area contributed by atoms with E-state index in [0.29, 0.717) is 17.0 Å². The van der Waals surface area contributed by atoms with Gasteiger partial charge in [0.1, 0.15) is 17.7 Å². The predicted molar refractivity (Wildman–Crippen MR) is 131 cm³/mol. The molecule has 1 aromatic carbocycles. The summed E-state index contributed by atoms with van der Waals surface area (Å²) in [5.41, 5.74) is 1.33. The number of piperidine rings is 2. The zero-order valence-electron chi connectivity index (χ0n) is 19.5. The third-order valence-electron chi connectivity index (χ3n) is 6.65. The molecule has 172 valence electrons. The van der Waals surface area contributed by atoms with E-state index in [-0.39, 0.29) is 11.5 Å². The first-order chi connectivity index (χ1) is 16.2. The summed E-state index contributed by atoms with van der Waals surface area (Å²) in [5, 5.41) is 9.61. The van der Waals surface area contributed by atoms with Gasteiger partial charge in [0.2, 0.25) is 0 Å². The zero-order valence-corrected chi connectivity index (χ0v) is 19.5. The van der Waals surface area contributed by atoms with Crippen molar-refractivity contribution in [3.05, 3.63) is 64.3 Å². The van der Waals surface area contributed by atoms with Gasteiger partial charge < -0.3 is 9.88 Å². The van der Waals surface area contributed by atoms with E-state index in [4.69, 9.17) is 10.2 Å². The minimum absolute atomic E-state index is 0.0408. The van der Waals surface area contributed by atoms with Crippen LogP contribution in [0.15, 0.2) is 47.4 Å². The van der Waals surface area contributed by atoms with Crippen molar-refractivity contribution in [2.45, 2.75) is 51.5 Å². The van der Waals surface area contributed by atoms with E-state index in [1.54, 1.807) is 6.20 Å². The molecule has 2 fully saturated rings. The van der Waals surface area contributed by atoms with Crippen molar-refractivity contribution in [2.75, 3.05) is 31.1 Å². The Hall–Kier alpha value is -3.24. The molecule has 1 unspecified atom stereocenters. The Bertz CT molecular complexity index is 1160. The number of benzene rings is 1. The largest absolute Gasteiger partial charge is 0.357 e. The van der Waals surface area contributed by atoms with E-state index >= 15 is 0 Å². The van der Waals surface area contributed by atoms with Crippen molar-refractivity contribution >= 4 is 16.7 Å². The maximum Gasteiger partial charge on any atom is 0.258 e. The van der Waals surface area contributed by atoms with Gasteiger partial charge in [0, 0.05) is 37.8 Å². The number of anilines is 1. The number of H-pyrrole nitrogens is 1. The molecule has 1 N–H and O–H groups in total. The normalized spacial score (nSPS) is 19.5. The second kappa shape index (κ2) is 10.6. The van der Waals surface area contributed by atoms with E-state index in [0.717, 1.165) is 69.0 Å². The van der Waals surface area contributed by atoms with Gasteiger partial charge in [-0.2, -0.15) is 5.26 Å². The van der Waals surface area contributed by atoms with Gasteiger partial charge >= 0.3 is 0 Å². The number of rotatable bonds is 3. The Balaban J connectivity index is 0.00000126. The molecule has 33 heavy (non-hydrogen) atoms. The average molecular weight is 445 g/mol. The molecule has 0 bridgehead atoms. The summed E-state index contributed by atoms with van der Waals surface area (Å²) >= 11 is 0. The van der Waals surface area contributed by atoms with Gasteiger partial charge in [0.15, 0.2) is 0 Å². The van der Waals surface area contributed by atoms with Crippen LogP contribution in [-0.4, -0.2) is 52.1 Å². The van der Waals surface area contributed by atoms with Gasteiger partial charge in [-0.1, -0.05) is 26.0 Å². The first kappa shape index (κ1) is 22.9. The Kier molecular flexibility index (Phi) is 7.36. The number of nitrogens with zero attached hydrogens (tertiary/aromatic N) is 5. The van der Waals surface area contributed by atoms with Gasteiger partial charge in [-0.05, 0) is 56.5 Å². The highest BCUT2D eigenvalue weighted by Gasteiger charge is 2.30. The summed E-state index contributed by atoms with van der Waals surface area (Å²) in [7, 11) is 0. The first-order valence-corrected chi connectivity index (χ1v) is 12.1. The molecule has 0 saturated carbocycles. The van der Waals surface area contributed by atoms with Crippen LogP contribution in [0.3, 0.4) is 0 Å². The van der Waals surface area contributed by atoms with Crippen LogP contribution in [0.25, 0.3) is 10.9 Å². The first-order valence-electron chi connectivity index (χ1n) is 12.1. The van der Waals surface area contributed by atoms with Crippen molar-refractivity contribution in [2.24, 2.45) is 0 Å². The van der Waals surface area contributed by atoms with Gasteiger partial charge in [-0.15, -0.1) is 0 Å². The summed E-state index contributed by atoms with van der Waals surface area (Å²) in [6.45, 7) is 7.99. The molecule has 0 radical (unpaired) electrons. The second-order valence-corrected chi connectivity index (χ2v) is 8.54. The van der Waals surface area contributed by atoms with E-state index in [9.17, 15) is 4.79 Å². The number of nitrogens with one attached hydrogen (secondary N) is 1. The number of hydrogen-bond acceptors (Lipinski definition) is 6. The van der Waals surface area contributed by atoms with Crippen molar-refractivity contribution in [3.63, 3.8) is 0 Å². The lowest BCUT2D eigenvalue weighted by Crippen LogP contribution is -2.48. The predicted octanol–water partition coefficient (Wildman–Crippen LogP) is 4.06. The van der Waals surface area contributed by atoms with Crippen LogP contribution < -0.4 is 10.5 Å². The van der Waals surface area contributed by atoms with Crippen LogP contribution in [0, 0.1) is 11.3 Å². The summed E-state index contributed by atoms with van der Waals surface area (Å²) in [6, 6.07) is 14.0. The summed E-state index contributed by atoms with van der Waals surface area (Å²) in [4.78, 5) is 29.7. The Labute approximate surface area is 195 Å². The van der Waals surface area contributed by atoms with Crippen LogP contribution in [-0.2, 0) is 0 Å². The van der Waals surface area contributed by atoms with Crippen LogP contribution in [0.4, 0.5) is 5.82 Å². The molecule has 2 aliphatic rings. The standard InChI is InChI=1S/C24H26N6O.C2H6/c25-14-17-7-8-22(26-15-17)29-12-9-19(10-13-29)30-11-3-4-18(16-30)23-27-21-6-2-1-5-20(21)24(31)28-23;1-2/h1-2,5-8,15,18-19H,3-4,9-13,16H2,(H,27,28,31);1-2H3. The highest BCUT2D eigenvalue weighted by Crippen LogP contribution is 2.29. The highest BCUT2D eigenvalue weighted by atomic mass is 16.1. The molecule has 7 heteroatoms. The lowest BCUT2D eigenvalue weighted by Gasteiger charge is -2.42. The minimum atomic E-state index is -0.0408. The number of fused-ring (bicyclic) bond motifs is 1. The molecule has 3 aromatic rings. The Morgan fingerprint density at radius 3 is 2.58 bits per heavy atom. The molecule has 1 atom stereocenters. The quantitative estimate of drug-likeness (QED) is 0.655.